The molecule has 1 aliphatic carbocycles. The maximum atomic E-state index is 11.3. The lowest BCUT2D eigenvalue weighted by Crippen LogP contribution is -2.39. The SMILES string of the molecule is CCNS(=O)(=O)NCC1(CCN)CC1. The number of hydrogen-bond donors (Lipinski definition) is 3. The first kappa shape index (κ1) is 11.9. The monoisotopic (exact) mass is 221 g/mol. The highest BCUT2D eigenvalue weighted by Crippen LogP contribution is 2.47. The van der Waals surface area contributed by atoms with Crippen molar-refractivity contribution >= 4 is 10.2 Å². The molecule has 5 nitrogen and oxygen atoms in total. The molecular formula is C8H19N3O2S. The summed E-state index contributed by atoms with van der Waals surface area (Å²) in [5.41, 5.74) is 5.61. The average molecular weight is 221 g/mol. The van der Waals surface area contributed by atoms with Crippen molar-refractivity contribution in [1.29, 1.82) is 0 Å². The fourth-order valence-corrected chi connectivity index (χ4v) is 2.47. The van der Waals surface area contributed by atoms with Crippen LogP contribution in [0, 0.1) is 5.41 Å². The normalized spacial score (nSPS) is 19.6. The summed E-state index contributed by atoms with van der Waals surface area (Å²) in [6.45, 7) is 3.31. The Labute approximate surface area is 85.6 Å². The molecule has 0 heterocycles. The molecule has 84 valence electrons. The van der Waals surface area contributed by atoms with Gasteiger partial charge in [0.25, 0.3) is 10.2 Å². The fourth-order valence-electron chi connectivity index (χ4n) is 1.49. The summed E-state index contributed by atoms with van der Waals surface area (Å²) in [5, 5.41) is 0. The molecule has 6 heteroatoms. The molecule has 0 spiro atoms. The minimum absolute atomic E-state index is 0.150. The Balaban J connectivity index is 2.33. The topological polar surface area (TPSA) is 84.2 Å². The first-order chi connectivity index (χ1) is 6.54. The maximum absolute atomic E-state index is 11.3. The van der Waals surface area contributed by atoms with E-state index in [0.717, 1.165) is 19.3 Å². The van der Waals surface area contributed by atoms with Crippen molar-refractivity contribution in [3.63, 3.8) is 0 Å². The Hall–Kier alpha value is -0.170. The lowest BCUT2D eigenvalue weighted by atomic mass is 10.0. The molecule has 0 aliphatic heterocycles. The first-order valence-electron chi connectivity index (χ1n) is 4.98. The van der Waals surface area contributed by atoms with Gasteiger partial charge >= 0.3 is 0 Å². The third kappa shape index (κ3) is 3.53. The van der Waals surface area contributed by atoms with Gasteiger partial charge in [-0.1, -0.05) is 6.92 Å². The second kappa shape index (κ2) is 4.57. The van der Waals surface area contributed by atoms with Crippen molar-refractivity contribution < 1.29 is 8.42 Å². The van der Waals surface area contributed by atoms with Crippen molar-refractivity contribution in [3.8, 4) is 0 Å². The van der Waals surface area contributed by atoms with E-state index in [-0.39, 0.29) is 5.41 Å². The predicted octanol–water partition coefficient (Wildman–Crippen LogP) is -0.441. The Morgan fingerprint density at radius 3 is 2.43 bits per heavy atom. The second-order valence-electron chi connectivity index (χ2n) is 3.86. The quantitative estimate of drug-likeness (QED) is 0.545. The highest BCUT2D eigenvalue weighted by Gasteiger charge is 2.42. The van der Waals surface area contributed by atoms with Crippen LogP contribution < -0.4 is 15.2 Å². The van der Waals surface area contributed by atoms with E-state index in [9.17, 15) is 8.42 Å². The van der Waals surface area contributed by atoms with Gasteiger partial charge < -0.3 is 5.73 Å². The van der Waals surface area contributed by atoms with Gasteiger partial charge in [-0.2, -0.15) is 8.42 Å². The Bertz CT molecular complexity index is 272. The highest BCUT2D eigenvalue weighted by atomic mass is 32.2. The summed E-state index contributed by atoms with van der Waals surface area (Å²) in [4.78, 5) is 0. The number of nitrogens with two attached hydrogens (primary N) is 1. The summed E-state index contributed by atoms with van der Waals surface area (Å²) in [7, 11) is -3.28. The molecule has 1 fully saturated rings. The van der Waals surface area contributed by atoms with Crippen LogP contribution in [0.4, 0.5) is 0 Å². The van der Waals surface area contributed by atoms with Gasteiger partial charge in [0.2, 0.25) is 0 Å². The summed E-state index contributed by atoms with van der Waals surface area (Å²) < 4.78 is 27.5. The molecule has 0 aromatic carbocycles. The molecule has 0 atom stereocenters. The molecule has 0 aromatic rings. The Kier molecular flexibility index (Phi) is 3.88. The Morgan fingerprint density at radius 1 is 1.36 bits per heavy atom. The van der Waals surface area contributed by atoms with Crippen LogP contribution in [0.2, 0.25) is 0 Å². The summed E-state index contributed by atoms with van der Waals surface area (Å²) >= 11 is 0. The predicted molar refractivity (Wildman–Crippen MR) is 55.9 cm³/mol. The van der Waals surface area contributed by atoms with Crippen molar-refractivity contribution in [2.75, 3.05) is 19.6 Å². The van der Waals surface area contributed by atoms with Gasteiger partial charge in [-0.05, 0) is 31.2 Å². The molecule has 0 bridgehead atoms. The van der Waals surface area contributed by atoms with Gasteiger partial charge in [-0.25, -0.2) is 9.44 Å². The van der Waals surface area contributed by atoms with Gasteiger partial charge in [0.1, 0.15) is 0 Å². The third-order valence-electron chi connectivity index (χ3n) is 2.60. The van der Waals surface area contributed by atoms with Crippen LogP contribution in [0.3, 0.4) is 0 Å². The van der Waals surface area contributed by atoms with Gasteiger partial charge in [0, 0.05) is 13.1 Å². The molecule has 1 rings (SSSR count). The molecule has 0 saturated heterocycles. The van der Waals surface area contributed by atoms with Crippen LogP contribution in [-0.4, -0.2) is 28.1 Å². The maximum Gasteiger partial charge on any atom is 0.276 e. The van der Waals surface area contributed by atoms with Crippen molar-refractivity contribution in [2.45, 2.75) is 26.2 Å². The summed E-state index contributed by atoms with van der Waals surface area (Å²) in [6, 6.07) is 0. The lowest BCUT2D eigenvalue weighted by Gasteiger charge is -2.14. The fraction of sp³-hybridized carbons (Fsp3) is 1.00. The van der Waals surface area contributed by atoms with Gasteiger partial charge in [0.05, 0.1) is 0 Å². The molecule has 1 aliphatic rings. The summed E-state index contributed by atoms with van der Waals surface area (Å²) in [5.74, 6) is 0. The second-order valence-corrected chi connectivity index (χ2v) is 5.45. The van der Waals surface area contributed by atoms with Crippen LogP contribution in [0.15, 0.2) is 0 Å². The van der Waals surface area contributed by atoms with E-state index in [2.05, 4.69) is 9.44 Å². The molecule has 14 heavy (non-hydrogen) atoms. The van der Waals surface area contributed by atoms with E-state index in [1.165, 1.54) is 0 Å². The molecular weight excluding hydrogens is 202 g/mol. The van der Waals surface area contributed by atoms with E-state index in [0.29, 0.717) is 19.6 Å². The van der Waals surface area contributed by atoms with E-state index >= 15 is 0 Å². The minimum atomic E-state index is -3.28. The van der Waals surface area contributed by atoms with Crippen molar-refractivity contribution in [2.24, 2.45) is 11.1 Å². The van der Waals surface area contributed by atoms with E-state index in [1.54, 1.807) is 6.92 Å². The van der Waals surface area contributed by atoms with Crippen LogP contribution in [0.1, 0.15) is 26.2 Å². The molecule has 4 N–H and O–H groups in total. The zero-order valence-corrected chi connectivity index (χ0v) is 9.36. The van der Waals surface area contributed by atoms with E-state index in [4.69, 9.17) is 5.73 Å². The molecule has 0 amide bonds. The van der Waals surface area contributed by atoms with Gasteiger partial charge in [0.15, 0.2) is 0 Å². The van der Waals surface area contributed by atoms with Crippen LogP contribution in [-0.2, 0) is 10.2 Å². The number of nitrogens with one attached hydrogen (secondary N) is 2. The number of rotatable bonds is 7. The van der Waals surface area contributed by atoms with Crippen molar-refractivity contribution in [1.82, 2.24) is 9.44 Å². The first-order valence-corrected chi connectivity index (χ1v) is 6.46. The molecule has 0 unspecified atom stereocenters. The van der Waals surface area contributed by atoms with E-state index in [1.807, 2.05) is 0 Å². The molecule has 1 saturated carbocycles. The average Bonchev–Trinajstić information content (AvgIpc) is 2.83. The summed E-state index contributed by atoms with van der Waals surface area (Å²) in [6.07, 6.45) is 3.07. The van der Waals surface area contributed by atoms with Crippen LogP contribution in [0.25, 0.3) is 0 Å². The van der Waals surface area contributed by atoms with E-state index < -0.39 is 10.2 Å². The largest absolute Gasteiger partial charge is 0.330 e. The standard InChI is InChI=1S/C8H19N3O2S/c1-2-10-14(12,13)11-7-8(3-4-8)5-6-9/h10-11H,2-7,9H2,1H3. The minimum Gasteiger partial charge on any atom is -0.330 e. The lowest BCUT2D eigenvalue weighted by molar-refractivity contribution is 0.459. The molecule has 0 aromatic heterocycles. The zero-order chi connectivity index (χ0) is 10.7. The van der Waals surface area contributed by atoms with Crippen molar-refractivity contribution in [3.05, 3.63) is 0 Å². The van der Waals surface area contributed by atoms with Crippen LogP contribution in [0.5, 0.6) is 0 Å². The van der Waals surface area contributed by atoms with Crippen LogP contribution >= 0.6 is 0 Å². The van der Waals surface area contributed by atoms with Gasteiger partial charge in [-0.15, -0.1) is 0 Å². The smallest absolute Gasteiger partial charge is 0.276 e. The number of hydrogen-bond acceptors (Lipinski definition) is 3. The zero-order valence-electron chi connectivity index (χ0n) is 8.54. The van der Waals surface area contributed by atoms with Gasteiger partial charge in [-0.3, -0.25) is 0 Å². The third-order valence-corrected chi connectivity index (χ3v) is 3.80. The highest BCUT2D eigenvalue weighted by molar-refractivity contribution is 7.87. The Morgan fingerprint density at radius 2 is 2.00 bits per heavy atom. The molecule has 0 radical (unpaired) electrons.